The van der Waals surface area contributed by atoms with Crippen LogP contribution in [0.5, 0.6) is 6.01 Å². The Kier molecular flexibility index (Phi) is 8.89. The predicted octanol–water partition coefficient (Wildman–Crippen LogP) is 4.30. The molecular formula is C33H38FN7O3. The van der Waals surface area contributed by atoms with E-state index in [4.69, 9.17) is 26.0 Å². The molecule has 0 radical (unpaired) electrons. The molecule has 10 nitrogen and oxygen atoms in total. The number of allylic oxidation sites excluding steroid dienone is 1. The number of nitrogens with zero attached hydrogens (tertiary/aromatic N) is 7. The highest BCUT2D eigenvalue weighted by molar-refractivity contribution is 5.96. The van der Waals surface area contributed by atoms with Gasteiger partial charge in [-0.15, -0.1) is 0 Å². The average molecular weight is 600 g/mol. The number of rotatable bonds is 10. The number of benzene rings is 1. The van der Waals surface area contributed by atoms with Gasteiger partial charge in [0.25, 0.3) is 0 Å². The van der Waals surface area contributed by atoms with E-state index in [1.54, 1.807) is 4.90 Å². The topological polar surface area (TPSA) is 88.3 Å². The fraction of sp³-hybridized carbons (Fsp3) is 0.485. The third-order valence-corrected chi connectivity index (χ3v) is 8.45. The second kappa shape index (κ2) is 13.1. The highest BCUT2D eigenvalue weighted by Crippen LogP contribution is 2.35. The monoisotopic (exact) mass is 599 g/mol. The van der Waals surface area contributed by atoms with Crippen molar-refractivity contribution in [3.8, 4) is 6.01 Å². The van der Waals surface area contributed by atoms with Gasteiger partial charge in [0.15, 0.2) is 0 Å². The molecule has 2 aliphatic heterocycles. The predicted molar refractivity (Wildman–Crippen MR) is 167 cm³/mol. The Morgan fingerprint density at radius 3 is 2.86 bits per heavy atom. The summed E-state index contributed by atoms with van der Waals surface area (Å²) >= 11 is 0. The van der Waals surface area contributed by atoms with E-state index in [9.17, 15) is 9.18 Å². The Bertz CT molecular complexity index is 1580. The van der Waals surface area contributed by atoms with Crippen LogP contribution in [0, 0.1) is 13.5 Å². The molecule has 2 atom stereocenters. The van der Waals surface area contributed by atoms with Gasteiger partial charge in [-0.05, 0) is 44.7 Å². The van der Waals surface area contributed by atoms with Crippen LogP contribution in [0.2, 0.25) is 0 Å². The van der Waals surface area contributed by atoms with Crippen molar-refractivity contribution >= 4 is 28.2 Å². The maximum Gasteiger partial charge on any atom is 0.319 e. The van der Waals surface area contributed by atoms with Gasteiger partial charge in [0.1, 0.15) is 24.6 Å². The largest absolute Gasteiger partial charge is 0.458 e. The smallest absolute Gasteiger partial charge is 0.319 e. The molecular weight excluding hydrogens is 561 g/mol. The highest BCUT2D eigenvalue weighted by atomic mass is 19.1. The molecule has 0 bridgehead atoms. The van der Waals surface area contributed by atoms with E-state index in [1.165, 1.54) is 23.1 Å². The number of ether oxygens (including phenoxy) is 2. The Labute approximate surface area is 257 Å². The molecule has 11 heteroatoms. The minimum Gasteiger partial charge on any atom is -0.458 e. The Balaban J connectivity index is 1.31. The second-order valence-electron chi connectivity index (χ2n) is 11.7. The molecule has 1 saturated carbocycles. The van der Waals surface area contributed by atoms with Crippen LogP contribution in [0.1, 0.15) is 36.6 Å². The molecule has 2 fully saturated rings. The number of carbonyl (C=O) groups excluding carboxylic acids is 1. The van der Waals surface area contributed by atoms with Gasteiger partial charge in [-0.2, -0.15) is 9.97 Å². The number of anilines is 2. The van der Waals surface area contributed by atoms with Crippen molar-refractivity contribution in [1.82, 2.24) is 19.9 Å². The number of aryl methyl sites for hydroxylation is 1. The first-order valence-electron chi connectivity index (χ1n) is 15.3. The summed E-state index contributed by atoms with van der Waals surface area (Å²) in [5.41, 5.74) is 4.22. The van der Waals surface area contributed by atoms with Crippen LogP contribution in [-0.4, -0.2) is 90.0 Å². The molecule has 6 rings (SSSR count). The van der Waals surface area contributed by atoms with Crippen molar-refractivity contribution < 1.29 is 18.7 Å². The first-order valence-corrected chi connectivity index (χ1v) is 15.3. The zero-order chi connectivity index (χ0) is 30.6. The minimum atomic E-state index is -0.704. The molecule has 3 aromatic rings. The zero-order valence-corrected chi connectivity index (χ0v) is 25.3. The maximum absolute atomic E-state index is 12.8. The number of hydrogen-bond donors (Lipinski definition) is 0. The van der Waals surface area contributed by atoms with Gasteiger partial charge in [-0.25, -0.2) is 11.0 Å². The van der Waals surface area contributed by atoms with E-state index in [0.29, 0.717) is 44.9 Å². The lowest BCUT2D eigenvalue weighted by atomic mass is 10.0. The summed E-state index contributed by atoms with van der Waals surface area (Å²) in [5, 5.41) is 2.29. The Hall–Kier alpha value is -4.30. The lowest BCUT2D eigenvalue weighted by molar-refractivity contribution is -0.128. The van der Waals surface area contributed by atoms with Crippen LogP contribution in [0.15, 0.2) is 42.7 Å². The summed E-state index contributed by atoms with van der Waals surface area (Å²) in [5.74, 6) is 0.511. The minimum absolute atomic E-state index is 0.152. The van der Waals surface area contributed by atoms with Crippen LogP contribution >= 0.6 is 0 Å². The Morgan fingerprint density at radius 2 is 2.07 bits per heavy atom. The molecule has 3 aliphatic rings. The summed E-state index contributed by atoms with van der Waals surface area (Å²) in [7, 11) is 0. The fourth-order valence-corrected chi connectivity index (χ4v) is 6.11. The van der Waals surface area contributed by atoms with Crippen molar-refractivity contribution in [2.75, 3.05) is 55.8 Å². The van der Waals surface area contributed by atoms with Crippen molar-refractivity contribution in [3.05, 3.63) is 71.0 Å². The number of halogens is 1. The van der Waals surface area contributed by atoms with Crippen LogP contribution < -0.4 is 14.5 Å². The van der Waals surface area contributed by atoms with Crippen molar-refractivity contribution in [2.24, 2.45) is 0 Å². The molecule has 1 amide bonds. The molecule has 0 unspecified atom stereocenters. The van der Waals surface area contributed by atoms with Crippen LogP contribution in [0.3, 0.4) is 0 Å². The standard InChI is InChI=1S/C33H38FN7O3/c1-22-6-4-7-24-16-36-18-29(31(22)24)39-13-11-27-28(20-39)37-33(44-23(2)21-43-26-9-10-26)38-32(27)40-14-15-41(25(19-40)17-35-3)30(42)8-5-12-34/h4-8,16,18,23,25-26H,9-15,17,19-21H2,1-2H3/b8-5+/t23-,25-/m0/s1. The normalized spacial score (nSPS) is 19.2. The first-order chi connectivity index (χ1) is 21.4. The number of aromatic nitrogens is 3. The second-order valence-corrected chi connectivity index (χ2v) is 11.7. The summed E-state index contributed by atoms with van der Waals surface area (Å²) in [6, 6.07) is 6.22. The van der Waals surface area contributed by atoms with Crippen LogP contribution in [-0.2, 0) is 22.5 Å². The number of fused-ring (bicyclic) bond motifs is 2. The lowest BCUT2D eigenvalue weighted by Gasteiger charge is -2.41. The van der Waals surface area contributed by atoms with Crippen LogP contribution in [0.25, 0.3) is 15.6 Å². The van der Waals surface area contributed by atoms with Gasteiger partial charge in [-0.1, -0.05) is 18.2 Å². The van der Waals surface area contributed by atoms with Gasteiger partial charge in [0.05, 0.1) is 36.8 Å². The lowest BCUT2D eigenvalue weighted by Crippen LogP contribution is -2.56. The van der Waals surface area contributed by atoms with E-state index in [-0.39, 0.29) is 24.6 Å². The molecule has 1 aromatic carbocycles. The molecule has 230 valence electrons. The van der Waals surface area contributed by atoms with Crippen molar-refractivity contribution in [3.63, 3.8) is 0 Å². The molecule has 4 heterocycles. The maximum atomic E-state index is 12.8. The molecule has 0 spiro atoms. The molecule has 0 N–H and O–H groups in total. The third-order valence-electron chi connectivity index (χ3n) is 8.45. The fourth-order valence-electron chi connectivity index (χ4n) is 6.11. The zero-order valence-electron chi connectivity index (χ0n) is 25.3. The van der Waals surface area contributed by atoms with E-state index in [2.05, 4.69) is 44.8 Å². The Morgan fingerprint density at radius 1 is 1.20 bits per heavy atom. The summed E-state index contributed by atoms with van der Waals surface area (Å²) in [4.78, 5) is 36.9. The summed E-state index contributed by atoms with van der Waals surface area (Å²) in [6.45, 7) is 14.2. The number of carbonyl (C=O) groups is 1. The first kappa shape index (κ1) is 29.8. The van der Waals surface area contributed by atoms with Crippen LogP contribution in [0.4, 0.5) is 15.9 Å². The van der Waals surface area contributed by atoms with Gasteiger partial charge >= 0.3 is 6.01 Å². The number of piperazine rings is 1. The van der Waals surface area contributed by atoms with Crippen molar-refractivity contribution in [2.45, 2.75) is 57.9 Å². The molecule has 1 aliphatic carbocycles. The van der Waals surface area contributed by atoms with Gasteiger partial charge in [0, 0.05) is 54.8 Å². The van der Waals surface area contributed by atoms with Crippen molar-refractivity contribution in [1.29, 1.82) is 0 Å². The highest BCUT2D eigenvalue weighted by Gasteiger charge is 2.35. The number of alkyl halides is 1. The van der Waals surface area contributed by atoms with E-state index in [0.717, 1.165) is 54.0 Å². The quantitative estimate of drug-likeness (QED) is 0.252. The van der Waals surface area contributed by atoms with Gasteiger partial charge in [0.2, 0.25) is 12.5 Å². The number of hydrogen-bond acceptors (Lipinski definition) is 8. The van der Waals surface area contributed by atoms with E-state index >= 15 is 0 Å². The number of amides is 1. The van der Waals surface area contributed by atoms with E-state index < -0.39 is 6.67 Å². The third kappa shape index (κ3) is 6.45. The van der Waals surface area contributed by atoms with Gasteiger partial charge in [-0.3, -0.25) is 9.78 Å². The average Bonchev–Trinajstić information content (AvgIpc) is 3.87. The molecule has 1 saturated heterocycles. The van der Waals surface area contributed by atoms with E-state index in [1.807, 2.05) is 19.3 Å². The molecule has 2 aromatic heterocycles. The summed E-state index contributed by atoms with van der Waals surface area (Å²) < 4.78 is 24.8. The SMILES string of the molecule is [C-]#[N+]C[C@H]1CN(c2nc(O[C@@H](C)COC3CC3)nc3c2CCN(c2cncc4cccc(C)c24)C3)CCN1C(=O)/C=C/CF. The molecule has 44 heavy (non-hydrogen) atoms. The van der Waals surface area contributed by atoms with Gasteiger partial charge < -0.3 is 29.0 Å². The summed E-state index contributed by atoms with van der Waals surface area (Å²) in [6.07, 6.45) is 9.30. The number of pyridine rings is 1.